The zero-order chi connectivity index (χ0) is 13.6. The molecule has 3 nitrogen and oxygen atoms in total. The minimum atomic E-state index is -0.856. The fraction of sp³-hybridized carbons (Fsp3) is 0.533. The first kappa shape index (κ1) is 14.7. The number of carbonyl (C=O) groups is 1. The van der Waals surface area contributed by atoms with Gasteiger partial charge in [-0.25, -0.2) is 0 Å². The lowest BCUT2D eigenvalue weighted by Gasteiger charge is -2.30. The molecule has 0 heterocycles. The highest BCUT2D eigenvalue weighted by atomic mass is 16.4. The number of rotatable bonds is 7. The van der Waals surface area contributed by atoms with Gasteiger partial charge in [0.25, 0.3) is 0 Å². The summed E-state index contributed by atoms with van der Waals surface area (Å²) in [5.41, 5.74) is 0.198. The molecule has 0 aromatic heterocycles. The number of carboxylic acid groups (broad SMARTS) is 1. The first-order valence-electron chi connectivity index (χ1n) is 6.52. The Kier molecular flexibility index (Phi) is 5.35. The maximum absolute atomic E-state index is 11.6. The van der Waals surface area contributed by atoms with Crippen molar-refractivity contribution in [2.45, 2.75) is 39.2 Å². The van der Waals surface area contributed by atoms with Gasteiger partial charge in [-0.2, -0.15) is 0 Å². The molecule has 0 aliphatic heterocycles. The molecule has 1 atom stereocenters. The Morgan fingerprint density at radius 3 is 2.39 bits per heavy atom. The summed E-state index contributed by atoms with van der Waals surface area (Å²) in [6.45, 7) is 6.80. The summed E-state index contributed by atoms with van der Waals surface area (Å²) in [4.78, 5) is 11.6. The van der Waals surface area contributed by atoms with Crippen LogP contribution in [0.5, 0.6) is 0 Å². The van der Waals surface area contributed by atoms with Crippen LogP contribution in [0.4, 0.5) is 0 Å². The van der Waals surface area contributed by atoms with Gasteiger partial charge < -0.3 is 10.4 Å². The van der Waals surface area contributed by atoms with Crippen LogP contribution in [-0.2, 0) is 11.2 Å². The van der Waals surface area contributed by atoms with Crippen LogP contribution < -0.4 is 5.32 Å². The molecule has 0 spiro atoms. The summed E-state index contributed by atoms with van der Waals surface area (Å²) in [6, 6.07) is 9.79. The van der Waals surface area contributed by atoms with E-state index in [-0.39, 0.29) is 0 Å². The topological polar surface area (TPSA) is 49.3 Å². The van der Waals surface area contributed by atoms with Gasteiger partial charge in [0.2, 0.25) is 0 Å². The monoisotopic (exact) mass is 249 g/mol. The molecule has 0 radical (unpaired) electrons. The average Bonchev–Trinajstić information content (AvgIpc) is 2.35. The Morgan fingerprint density at radius 2 is 1.94 bits per heavy atom. The lowest BCUT2D eigenvalue weighted by Crippen LogP contribution is -2.54. The molecule has 2 N–H and O–H groups in total. The van der Waals surface area contributed by atoms with E-state index < -0.39 is 11.5 Å². The summed E-state index contributed by atoms with van der Waals surface area (Å²) >= 11 is 0. The van der Waals surface area contributed by atoms with Crippen molar-refractivity contribution < 1.29 is 9.90 Å². The number of aliphatic carboxylic acids is 1. The molecule has 1 aromatic rings. The molecule has 1 unspecified atom stereocenters. The fourth-order valence-electron chi connectivity index (χ4n) is 1.96. The highest BCUT2D eigenvalue weighted by Crippen LogP contribution is 2.18. The van der Waals surface area contributed by atoms with Crippen LogP contribution in [0.25, 0.3) is 0 Å². The summed E-state index contributed by atoms with van der Waals surface area (Å²) < 4.78 is 0. The Balaban J connectivity index is 2.86. The second kappa shape index (κ2) is 6.55. The second-order valence-electron chi connectivity index (χ2n) is 5.18. The van der Waals surface area contributed by atoms with Crippen LogP contribution in [0.3, 0.4) is 0 Å². The standard InChI is InChI=1S/C15H23NO2/c1-4-15(14(17)18,16-11-12(2)3)10-13-8-6-5-7-9-13/h5-9,12,16H,4,10-11H2,1-3H3,(H,17,18). The van der Waals surface area contributed by atoms with E-state index >= 15 is 0 Å². The van der Waals surface area contributed by atoms with Gasteiger partial charge in [0, 0.05) is 6.42 Å². The van der Waals surface area contributed by atoms with Crippen molar-refractivity contribution in [1.82, 2.24) is 5.32 Å². The Labute approximate surface area is 109 Å². The van der Waals surface area contributed by atoms with E-state index in [0.29, 0.717) is 25.3 Å². The maximum atomic E-state index is 11.6. The van der Waals surface area contributed by atoms with E-state index in [9.17, 15) is 9.90 Å². The third kappa shape index (κ3) is 3.84. The Bertz CT molecular complexity index is 375. The van der Waals surface area contributed by atoms with E-state index in [0.717, 1.165) is 5.56 Å². The van der Waals surface area contributed by atoms with Gasteiger partial charge in [-0.1, -0.05) is 51.1 Å². The molecule has 0 aliphatic carbocycles. The van der Waals surface area contributed by atoms with Gasteiger partial charge in [-0.05, 0) is 24.4 Å². The van der Waals surface area contributed by atoms with Gasteiger partial charge in [-0.3, -0.25) is 4.79 Å². The lowest BCUT2D eigenvalue weighted by atomic mass is 9.87. The molecule has 0 amide bonds. The van der Waals surface area contributed by atoms with Gasteiger partial charge in [-0.15, -0.1) is 0 Å². The molecule has 18 heavy (non-hydrogen) atoms. The quantitative estimate of drug-likeness (QED) is 0.781. The molecule has 1 aromatic carbocycles. The number of nitrogens with one attached hydrogen (secondary N) is 1. The predicted octanol–water partition coefficient (Wildman–Crippen LogP) is 2.71. The molecule has 0 aliphatic rings. The first-order valence-corrected chi connectivity index (χ1v) is 6.52. The summed E-state index contributed by atoms with van der Waals surface area (Å²) in [6.07, 6.45) is 1.09. The van der Waals surface area contributed by atoms with Crippen LogP contribution in [0.1, 0.15) is 32.8 Å². The average molecular weight is 249 g/mol. The normalized spacial score (nSPS) is 14.4. The molecule has 100 valence electrons. The molecule has 0 bridgehead atoms. The van der Waals surface area contributed by atoms with Crippen LogP contribution in [0.2, 0.25) is 0 Å². The molecule has 0 saturated carbocycles. The Morgan fingerprint density at radius 1 is 1.33 bits per heavy atom. The third-order valence-electron chi connectivity index (χ3n) is 3.21. The highest BCUT2D eigenvalue weighted by molar-refractivity contribution is 5.79. The van der Waals surface area contributed by atoms with Crippen molar-refractivity contribution in [1.29, 1.82) is 0 Å². The van der Waals surface area contributed by atoms with Crippen molar-refractivity contribution in [3.05, 3.63) is 35.9 Å². The number of benzene rings is 1. The predicted molar refractivity (Wildman–Crippen MR) is 73.6 cm³/mol. The van der Waals surface area contributed by atoms with Crippen LogP contribution in [-0.4, -0.2) is 23.2 Å². The minimum absolute atomic E-state index is 0.436. The van der Waals surface area contributed by atoms with Crippen molar-refractivity contribution in [3.63, 3.8) is 0 Å². The zero-order valence-corrected chi connectivity index (χ0v) is 11.4. The van der Waals surface area contributed by atoms with Crippen molar-refractivity contribution >= 4 is 5.97 Å². The zero-order valence-electron chi connectivity index (χ0n) is 11.4. The van der Waals surface area contributed by atoms with Crippen molar-refractivity contribution in [2.24, 2.45) is 5.92 Å². The number of carboxylic acids is 1. The highest BCUT2D eigenvalue weighted by Gasteiger charge is 2.36. The van der Waals surface area contributed by atoms with Gasteiger partial charge >= 0.3 is 5.97 Å². The van der Waals surface area contributed by atoms with Gasteiger partial charge in [0.15, 0.2) is 0 Å². The second-order valence-corrected chi connectivity index (χ2v) is 5.18. The third-order valence-corrected chi connectivity index (χ3v) is 3.21. The van der Waals surface area contributed by atoms with Crippen LogP contribution in [0, 0.1) is 5.92 Å². The van der Waals surface area contributed by atoms with Crippen molar-refractivity contribution in [3.8, 4) is 0 Å². The van der Waals surface area contributed by atoms with Crippen molar-refractivity contribution in [2.75, 3.05) is 6.54 Å². The molecule has 0 fully saturated rings. The summed E-state index contributed by atoms with van der Waals surface area (Å²) in [5, 5.41) is 12.8. The van der Waals surface area contributed by atoms with E-state index in [1.807, 2.05) is 37.3 Å². The SMILES string of the molecule is CCC(Cc1ccccc1)(NCC(C)C)C(=O)O. The smallest absolute Gasteiger partial charge is 0.324 e. The largest absolute Gasteiger partial charge is 0.480 e. The van der Waals surface area contributed by atoms with E-state index in [2.05, 4.69) is 19.2 Å². The number of hydrogen-bond acceptors (Lipinski definition) is 2. The molecule has 1 rings (SSSR count). The van der Waals surface area contributed by atoms with Gasteiger partial charge in [0.05, 0.1) is 0 Å². The summed E-state index contributed by atoms with van der Waals surface area (Å²) in [7, 11) is 0. The first-order chi connectivity index (χ1) is 8.50. The van der Waals surface area contributed by atoms with Gasteiger partial charge in [0.1, 0.15) is 5.54 Å². The molecular weight excluding hydrogens is 226 g/mol. The lowest BCUT2D eigenvalue weighted by molar-refractivity contribution is -0.145. The minimum Gasteiger partial charge on any atom is -0.480 e. The Hall–Kier alpha value is -1.35. The fourth-order valence-corrected chi connectivity index (χ4v) is 1.96. The van der Waals surface area contributed by atoms with Crippen LogP contribution in [0.15, 0.2) is 30.3 Å². The maximum Gasteiger partial charge on any atom is 0.324 e. The van der Waals surface area contributed by atoms with E-state index in [1.54, 1.807) is 0 Å². The van der Waals surface area contributed by atoms with Crippen LogP contribution >= 0.6 is 0 Å². The number of hydrogen-bond donors (Lipinski definition) is 2. The van der Waals surface area contributed by atoms with E-state index in [4.69, 9.17) is 0 Å². The molecular formula is C15H23NO2. The summed E-state index contributed by atoms with van der Waals surface area (Å²) in [5.74, 6) is -0.333. The molecule has 0 saturated heterocycles. The molecule has 3 heteroatoms. The van der Waals surface area contributed by atoms with E-state index in [1.165, 1.54) is 0 Å².